The van der Waals surface area contributed by atoms with Gasteiger partial charge in [-0.2, -0.15) is 5.26 Å². The molecule has 0 heterocycles. The normalized spacial score (nSPS) is 13.2. The summed E-state index contributed by atoms with van der Waals surface area (Å²) in [5, 5.41) is 18.2. The molecule has 2 aromatic rings. The number of nitriles is 1. The molecule has 0 spiro atoms. The summed E-state index contributed by atoms with van der Waals surface area (Å²) in [5.74, 6) is -1.28. The van der Waals surface area contributed by atoms with Crippen molar-refractivity contribution >= 4 is 42.7 Å². The molecule has 0 aromatic heterocycles. The molecule has 44 heavy (non-hydrogen) atoms. The number of thioether (sulfide) groups is 1. The van der Waals surface area contributed by atoms with E-state index in [0.29, 0.717) is 12.1 Å². The fraction of sp³-hybridized carbons (Fsp3) is 0.515. The van der Waals surface area contributed by atoms with Gasteiger partial charge in [0.1, 0.15) is 17.4 Å². The van der Waals surface area contributed by atoms with Gasteiger partial charge in [0, 0.05) is 0 Å². The molecule has 2 rings (SSSR count). The van der Waals surface area contributed by atoms with Crippen LogP contribution in [0.3, 0.4) is 0 Å². The number of esters is 1. The third-order valence-electron chi connectivity index (χ3n) is 7.45. The van der Waals surface area contributed by atoms with E-state index in [0.717, 1.165) is 17.3 Å². The molecule has 11 heteroatoms. The zero-order valence-corrected chi connectivity index (χ0v) is 29.6. The van der Waals surface area contributed by atoms with E-state index in [2.05, 4.69) is 46.5 Å². The van der Waals surface area contributed by atoms with Crippen molar-refractivity contribution in [2.24, 2.45) is 10.7 Å². The van der Waals surface area contributed by atoms with Crippen molar-refractivity contribution in [3.05, 3.63) is 52.8 Å². The van der Waals surface area contributed by atoms with E-state index in [9.17, 15) is 10.1 Å². The molecule has 0 aliphatic rings. The first-order valence-electron chi connectivity index (χ1n) is 14.8. The minimum atomic E-state index is -2.46. The van der Waals surface area contributed by atoms with Crippen LogP contribution in [0.2, 0.25) is 16.6 Å². The lowest BCUT2D eigenvalue weighted by Crippen LogP contribution is -2.50. The van der Waals surface area contributed by atoms with Crippen LogP contribution in [-0.2, 0) is 20.7 Å². The Bertz CT molecular complexity index is 1410. The van der Waals surface area contributed by atoms with E-state index >= 15 is 4.39 Å². The van der Waals surface area contributed by atoms with Crippen LogP contribution in [0.15, 0.2) is 40.2 Å². The topological polar surface area (TPSA) is 131 Å². The Kier molecular flexibility index (Phi) is 12.8. The van der Waals surface area contributed by atoms with Crippen molar-refractivity contribution in [2.75, 3.05) is 7.11 Å². The van der Waals surface area contributed by atoms with Crippen molar-refractivity contribution in [3.8, 4) is 11.8 Å². The van der Waals surface area contributed by atoms with Gasteiger partial charge in [0.05, 0.1) is 29.3 Å². The summed E-state index contributed by atoms with van der Waals surface area (Å²) in [4.78, 5) is 17.5. The van der Waals surface area contributed by atoms with Gasteiger partial charge in [0.2, 0.25) is 5.90 Å². The second-order valence-electron chi connectivity index (χ2n) is 12.6. The fourth-order valence-corrected chi connectivity index (χ4v) is 11.6. The summed E-state index contributed by atoms with van der Waals surface area (Å²) in [7, 11) is -1.13. The molecule has 240 valence electrons. The van der Waals surface area contributed by atoms with Crippen molar-refractivity contribution in [1.29, 1.82) is 10.7 Å². The molecule has 0 saturated carbocycles. The van der Waals surface area contributed by atoms with E-state index in [1.165, 1.54) is 19.2 Å². The van der Waals surface area contributed by atoms with Crippen LogP contribution in [0.4, 0.5) is 10.1 Å². The molecular weight excluding hydrogens is 596 g/mol. The summed E-state index contributed by atoms with van der Waals surface area (Å²) in [6.07, 6.45) is 0.652. The molecule has 1 unspecified atom stereocenters. The number of ether oxygens (including phenoxy) is 2. The number of benzene rings is 2. The molecule has 1 atom stereocenters. The maximum absolute atomic E-state index is 16.3. The summed E-state index contributed by atoms with van der Waals surface area (Å²) >= 11 is 0.949. The van der Waals surface area contributed by atoms with Gasteiger partial charge < -0.3 is 19.6 Å². The van der Waals surface area contributed by atoms with Gasteiger partial charge in [-0.05, 0) is 85.3 Å². The Hall–Kier alpha value is -3.20. The largest absolute Gasteiger partial charge is 0.541 e. The third-order valence-corrected chi connectivity index (χ3v) is 14.4. The van der Waals surface area contributed by atoms with Crippen LogP contribution in [0.25, 0.3) is 0 Å². The Labute approximate surface area is 267 Å². The SMILES string of the molecule is CCc1cc(O[Si](C(C)C)(C(C)C)C(C)C)c(F)c(SC(=Nc2ccc(C#N)c(C(N)C(=O)OC(C)(C)C)c2)C(=N)OC)c1. The average Bonchev–Trinajstić information content (AvgIpc) is 2.94. The second kappa shape index (κ2) is 15.2. The summed E-state index contributed by atoms with van der Waals surface area (Å²) in [6.45, 7) is 20.0. The molecule has 0 aliphatic carbocycles. The van der Waals surface area contributed by atoms with Gasteiger partial charge in [-0.15, -0.1) is 0 Å². The first-order chi connectivity index (χ1) is 20.4. The molecule has 0 amide bonds. The maximum atomic E-state index is 16.3. The number of carbonyl (C=O) groups is 1. The van der Waals surface area contributed by atoms with Crippen molar-refractivity contribution in [2.45, 2.75) is 109 Å². The summed E-state index contributed by atoms with van der Waals surface area (Å²) in [5.41, 5.74) is 7.79. The number of halogens is 1. The lowest BCUT2D eigenvalue weighted by Gasteiger charge is -2.42. The number of hydrogen-bond donors (Lipinski definition) is 2. The summed E-state index contributed by atoms with van der Waals surface area (Å²) < 4.78 is 33.6. The van der Waals surface area contributed by atoms with Crippen LogP contribution < -0.4 is 10.2 Å². The molecule has 0 aliphatic heterocycles. The molecule has 2 aromatic carbocycles. The first-order valence-corrected chi connectivity index (χ1v) is 17.8. The minimum Gasteiger partial charge on any atom is -0.541 e. The number of nitrogens with two attached hydrogens (primary N) is 1. The molecule has 0 bridgehead atoms. The number of nitrogens with zero attached hydrogens (tertiary/aromatic N) is 2. The highest BCUT2D eigenvalue weighted by atomic mass is 32.2. The zero-order valence-electron chi connectivity index (χ0n) is 27.8. The number of aliphatic imine (C=N–C) groups is 1. The number of nitrogens with one attached hydrogen (secondary N) is 1. The predicted molar refractivity (Wildman–Crippen MR) is 179 cm³/mol. The van der Waals surface area contributed by atoms with Gasteiger partial charge >= 0.3 is 5.97 Å². The maximum Gasteiger partial charge on any atom is 0.328 e. The van der Waals surface area contributed by atoms with E-state index in [1.807, 2.05) is 13.0 Å². The van der Waals surface area contributed by atoms with Crippen molar-refractivity contribution in [1.82, 2.24) is 0 Å². The number of rotatable bonds is 10. The van der Waals surface area contributed by atoms with Crippen molar-refractivity contribution < 1.29 is 23.1 Å². The van der Waals surface area contributed by atoms with Crippen LogP contribution in [0.1, 0.15) is 92.0 Å². The average molecular weight is 643 g/mol. The van der Waals surface area contributed by atoms with Gasteiger partial charge in [0.25, 0.3) is 8.32 Å². The van der Waals surface area contributed by atoms with E-state index in [-0.39, 0.29) is 49.3 Å². The Morgan fingerprint density at radius 3 is 2.18 bits per heavy atom. The molecule has 0 radical (unpaired) electrons. The molecule has 8 nitrogen and oxygen atoms in total. The van der Waals surface area contributed by atoms with Crippen LogP contribution in [-0.4, -0.2) is 37.9 Å². The van der Waals surface area contributed by atoms with E-state index < -0.39 is 31.7 Å². The van der Waals surface area contributed by atoms with Crippen molar-refractivity contribution in [3.63, 3.8) is 0 Å². The van der Waals surface area contributed by atoms with Crippen LogP contribution in [0.5, 0.6) is 5.75 Å². The monoisotopic (exact) mass is 642 g/mol. The molecular formula is C33H47FN4O4SSi. The first kappa shape index (κ1) is 37.0. The van der Waals surface area contributed by atoms with Gasteiger partial charge in [-0.25, -0.2) is 14.2 Å². The predicted octanol–water partition coefficient (Wildman–Crippen LogP) is 8.60. The second-order valence-corrected chi connectivity index (χ2v) is 19.0. The standard InChI is InChI=1S/C33H47FN4O4SSi/c1-12-22-15-26(42-44(19(2)3,20(4)5)21(6)7)28(34)27(16-22)43-31(30(37)40-11)38-24-14-13-23(18-35)25(17-24)29(36)32(39)41-33(8,9)10/h13-17,19-21,29,37H,12,36H2,1-11H3. The Balaban J connectivity index is 2.65. The smallest absolute Gasteiger partial charge is 0.328 e. The van der Waals surface area contributed by atoms with Crippen LogP contribution in [0, 0.1) is 22.6 Å². The molecule has 0 saturated heterocycles. The number of aryl methyl sites for hydroxylation is 1. The lowest BCUT2D eigenvalue weighted by atomic mass is 10.0. The van der Waals surface area contributed by atoms with Gasteiger partial charge in [-0.3, -0.25) is 5.41 Å². The fourth-order valence-electron chi connectivity index (χ4n) is 5.42. The number of carbonyl (C=O) groups excluding carboxylic acids is 1. The quantitative estimate of drug-likeness (QED) is 0.0872. The molecule has 0 fully saturated rings. The highest BCUT2D eigenvalue weighted by Gasteiger charge is 2.47. The highest BCUT2D eigenvalue weighted by molar-refractivity contribution is 8.15. The number of methoxy groups -OCH3 is 1. The minimum absolute atomic E-state index is 0.0761. The number of hydrogen-bond acceptors (Lipinski definition) is 9. The molecule has 3 N–H and O–H groups in total. The van der Waals surface area contributed by atoms with Gasteiger partial charge in [0.15, 0.2) is 10.9 Å². The van der Waals surface area contributed by atoms with E-state index in [1.54, 1.807) is 39.0 Å². The highest BCUT2D eigenvalue weighted by Crippen LogP contribution is 2.44. The summed E-state index contributed by atoms with van der Waals surface area (Å²) in [6, 6.07) is 8.88. The Morgan fingerprint density at radius 1 is 1.11 bits per heavy atom. The third kappa shape index (κ3) is 8.70. The zero-order chi connectivity index (χ0) is 33.6. The lowest BCUT2D eigenvalue weighted by molar-refractivity contribution is -0.156. The Morgan fingerprint density at radius 2 is 1.70 bits per heavy atom. The van der Waals surface area contributed by atoms with Crippen LogP contribution >= 0.6 is 11.8 Å². The van der Waals surface area contributed by atoms with E-state index in [4.69, 9.17) is 25.0 Å². The van der Waals surface area contributed by atoms with Gasteiger partial charge in [-0.1, -0.05) is 60.2 Å².